The summed E-state index contributed by atoms with van der Waals surface area (Å²) in [6.45, 7) is 1.87. The van der Waals surface area contributed by atoms with Gasteiger partial charge in [0, 0.05) is 23.7 Å². The van der Waals surface area contributed by atoms with Crippen LogP contribution in [-0.4, -0.2) is 26.4 Å². The van der Waals surface area contributed by atoms with E-state index >= 15 is 0 Å². The lowest BCUT2D eigenvalue weighted by Gasteiger charge is -2.20. The molecule has 6 nitrogen and oxygen atoms in total. The van der Waals surface area contributed by atoms with Gasteiger partial charge in [-0.1, -0.05) is 6.92 Å². The van der Waals surface area contributed by atoms with Crippen molar-refractivity contribution in [3.8, 4) is 5.75 Å². The number of rotatable bonds is 5. The largest absolute Gasteiger partial charge is 0.490 e. The number of anilines is 1. The smallest absolute Gasteiger partial charge is 0.417 e. The molecule has 3 heterocycles. The van der Waals surface area contributed by atoms with Crippen molar-refractivity contribution in [1.29, 1.82) is 0 Å². The number of ether oxygens (including phenoxy) is 1. The number of amides is 1. The van der Waals surface area contributed by atoms with E-state index in [-0.39, 0.29) is 35.5 Å². The van der Waals surface area contributed by atoms with Gasteiger partial charge in [-0.2, -0.15) is 13.2 Å². The van der Waals surface area contributed by atoms with Gasteiger partial charge in [0.05, 0.1) is 23.4 Å². The van der Waals surface area contributed by atoms with Crippen LogP contribution in [0, 0.1) is 29.5 Å². The van der Waals surface area contributed by atoms with Gasteiger partial charge in [0.25, 0.3) is 0 Å². The number of nitrogens with zero attached hydrogens (tertiary/aromatic N) is 3. The fraction of sp³-hybridized carbons (Fsp3) is 0.346. The van der Waals surface area contributed by atoms with Crippen LogP contribution in [0.15, 0.2) is 55.0 Å². The van der Waals surface area contributed by atoms with Crippen molar-refractivity contribution < 1.29 is 27.1 Å². The molecule has 2 aliphatic rings. The lowest BCUT2D eigenvalue weighted by Crippen LogP contribution is -2.25. The van der Waals surface area contributed by atoms with E-state index in [4.69, 9.17) is 4.74 Å². The molecule has 2 saturated carbocycles. The number of carbonyl (C=O) groups is 1. The van der Waals surface area contributed by atoms with Crippen LogP contribution >= 0.6 is 0 Å². The molecule has 186 valence electrons. The maximum Gasteiger partial charge on any atom is 0.417 e. The molecule has 0 aliphatic heterocycles. The lowest BCUT2D eigenvalue weighted by atomic mass is 9.97. The van der Waals surface area contributed by atoms with Crippen molar-refractivity contribution in [3.63, 3.8) is 0 Å². The second-order valence-electron chi connectivity index (χ2n) is 9.67. The maximum absolute atomic E-state index is 13.7. The zero-order valence-electron chi connectivity index (χ0n) is 19.2. The molecule has 2 fully saturated rings. The fourth-order valence-corrected chi connectivity index (χ4v) is 5.69. The average Bonchev–Trinajstić information content (AvgIpc) is 3.14. The van der Waals surface area contributed by atoms with Crippen LogP contribution in [0.1, 0.15) is 25.3 Å². The Balaban J connectivity index is 1.08. The van der Waals surface area contributed by atoms with Crippen LogP contribution < -0.4 is 10.1 Å². The van der Waals surface area contributed by atoms with Gasteiger partial charge in [-0.05, 0) is 67.0 Å². The number of aromatic nitrogens is 3. The van der Waals surface area contributed by atoms with E-state index in [1.165, 1.54) is 28.8 Å². The molecule has 2 aliphatic carbocycles. The Morgan fingerprint density at radius 3 is 2.67 bits per heavy atom. The average molecular weight is 498 g/mol. The molecule has 10 heteroatoms. The number of hydrogen-bond donors (Lipinski definition) is 1. The lowest BCUT2D eigenvalue weighted by molar-refractivity contribution is -0.137. The third kappa shape index (κ3) is 4.04. The molecule has 1 aromatic carbocycles. The Morgan fingerprint density at radius 1 is 1.14 bits per heavy atom. The third-order valence-electron chi connectivity index (χ3n) is 7.45. The maximum atomic E-state index is 13.7. The van der Waals surface area contributed by atoms with E-state index in [9.17, 15) is 22.4 Å². The number of carbonyl (C=O) groups excluding carboxylic acids is 1. The quantitative estimate of drug-likeness (QED) is 0.358. The van der Waals surface area contributed by atoms with Crippen molar-refractivity contribution in [3.05, 3.63) is 66.4 Å². The van der Waals surface area contributed by atoms with Crippen LogP contribution in [-0.2, 0) is 11.0 Å². The van der Waals surface area contributed by atoms with Gasteiger partial charge in [0.15, 0.2) is 5.82 Å². The van der Waals surface area contributed by atoms with E-state index in [1.54, 1.807) is 18.3 Å². The summed E-state index contributed by atoms with van der Waals surface area (Å²) < 4.78 is 60.0. The van der Waals surface area contributed by atoms with Gasteiger partial charge in [0.2, 0.25) is 5.91 Å². The SMILES string of the molecule is CC(C(=O)Nc1cn2cc(C(F)(F)F)ccc2n1)[C@H]1[C@@H]2C[C@@H](Oc3ccnc4ccc(F)cc34)C[C@@H]21. The molecule has 0 spiro atoms. The summed E-state index contributed by atoms with van der Waals surface area (Å²) in [5.41, 5.74) is 0.200. The monoisotopic (exact) mass is 498 g/mol. The van der Waals surface area contributed by atoms with Gasteiger partial charge in [0.1, 0.15) is 17.2 Å². The number of nitrogens with one attached hydrogen (secondary N) is 1. The van der Waals surface area contributed by atoms with Crippen molar-refractivity contribution in [2.75, 3.05) is 5.32 Å². The topological polar surface area (TPSA) is 68.5 Å². The summed E-state index contributed by atoms with van der Waals surface area (Å²) in [7, 11) is 0. The first kappa shape index (κ1) is 22.8. The summed E-state index contributed by atoms with van der Waals surface area (Å²) in [5, 5.41) is 3.39. The zero-order chi connectivity index (χ0) is 25.2. The first-order chi connectivity index (χ1) is 17.2. The van der Waals surface area contributed by atoms with Gasteiger partial charge in [-0.15, -0.1) is 0 Å². The van der Waals surface area contributed by atoms with Crippen LogP contribution in [0.5, 0.6) is 5.75 Å². The standard InChI is InChI=1S/C26H22F4N4O2/c1-13(25(35)33-22-12-34-11-14(26(28,29)30)2-5-23(34)32-22)24-17-9-16(10-18(17)24)36-21-6-7-31-20-4-3-15(27)8-19(20)21/h2-8,11-13,16-18,24H,9-10H2,1H3,(H,33,35)/t13?,16-,17-,18+,24+. The minimum atomic E-state index is -4.46. The molecule has 3 aromatic heterocycles. The Kier molecular flexibility index (Phi) is 5.17. The van der Waals surface area contributed by atoms with Gasteiger partial charge < -0.3 is 14.5 Å². The van der Waals surface area contributed by atoms with Gasteiger partial charge in [-0.25, -0.2) is 9.37 Å². The van der Waals surface area contributed by atoms with Crippen LogP contribution in [0.3, 0.4) is 0 Å². The molecule has 36 heavy (non-hydrogen) atoms. The van der Waals surface area contributed by atoms with E-state index in [0.717, 1.165) is 25.1 Å². The highest BCUT2D eigenvalue weighted by molar-refractivity contribution is 5.92. The predicted octanol–water partition coefficient (Wildman–Crippen LogP) is 5.72. The number of fused-ring (bicyclic) bond motifs is 3. The van der Waals surface area contributed by atoms with Crippen molar-refractivity contribution >= 4 is 28.3 Å². The Morgan fingerprint density at radius 2 is 1.92 bits per heavy atom. The second-order valence-corrected chi connectivity index (χ2v) is 9.67. The Bertz CT molecular complexity index is 1470. The minimum absolute atomic E-state index is 0.0124. The number of alkyl halides is 3. The molecule has 0 bridgehead atoms. The summed E-state index contributed by atoms with van der Waals surface area (Å²) >= 11 is 0. The molecule has 0 saturated heterocycles. The zero-order valence-corrected chi connectivity index (χ0v) is 19.2. The number of hydrogen-bond acceptors (Lipinski definition) is 4. The molecule has 6 rings (SSSR count). The first-order valence-corrected chi connectivity index (χ1v) is 11.7. The molecule has 1 unspecified atom stereocenters. The first-order valence-electron chi connectivity index (χ1n) is 11.7. The highest BCUT2D eigenvalue weighted by atomic mass is 19.4. The van der Waals surface area contributed by atoms with Crippen LogP contribution in [0.25, 0.3) is 16.6 Å². The summed E-state index contributed by atoms with van der Waals surface area (Å²) in [6, 6.07) is 8.39. The molecule has 1 amide bonds. The number of benzene rings is 1. The van der Waals surface area contributed by atoms with Crippen molar-refractivity contribution in [2.24, 2.45) is 23.7 Å². The fourth-order valence-electron chi connectivity index (χ4n) is 5.69. The summed E-state index contributed by atoms with van der Waals surface area (Å²) in [6.07, 6.45) is 1.12. The number of imidazole rings is 1. The Hall–Kier alpha value is -3.69. The molecular weight excluding hydrogens is 476 g/mol. The normalized spacial score (nSPS) is 24.0. The van der Waals surface area contributed by atoms with E-state index in [0.29, 0.717) is 34.1 Å². The van der Waals surface area contributed by atoms with Crippen molar-refractivity contribution in [2.45, 2.75) is 32.0 Å². The molecule has 1 N–H and O–H groups in total. The minimum Gasteiger partial charge on any atom is -0.490 e. The van der Waals surface area contributed by atoms with Gasteiger partial charge in [-0.3, -0.25) is 9.78 Å². The van der Waals surface area contributed by atoms with Crippen LogP contribution in [0.4, 0.5) is 23.4 Å². The number of pyridine rings is 2. The molecular formula is C26H22F4N4O2. The van der Waals surface area contributed by atoms with E-state index in [2.05, 4.69) is 15.3 Å². The highest BCUT2D eigenvalue weighted by Gasteiger charge is 2.59. The van der Waals surface area contributed by atoms with Crippen LogP contribution in [0.2, 0.25) is 0 Å². The predicted molar refractivity (Wildman–Crippen MR) is 124 cm³/mol. The molecule has 5 atom stereocenters. The summed E-state index contributed by atoms with van der Waals surface area (Å²) in [4.78, 5) is 21.3. The molecule has 4 aromatic rings. The molecule has 0 radical (unpaired) electrons. The third-order valence-corrected chi connectivity index (χ3v) is 7.45. The van der Waals surface area contributed by atoms with Crippen molar-refractivity contribution in [1.82, 2.24) is 14.4 Å². The highest BCUT2D eigenvalue weighted by Crippen LogP contribution is 2.61. The van der Waals surface area contributed by atoms with Gasteiger partial charge >= 0.3 is 6.18 Å². The summed E-state index contributed by atoms with van der Waals surface area (Å²) in [5.74, 6) is 0.927. The Labute approximate surface area is 203 Å². The van der Waals surface area contributed by atoms with E-state index in [1.807, 2.05) is 6.92 Å². The van der Waals surface area contributed by atoms with E-state index < -0.39 is 11.7 Å². The second kappa shape index (κ2) is 8.18. The number of halogens is 4.